The van der Waals surface area contributed by atoms with Crippen LogP contribution >= 0.6 is 0 Å². The molecule has 1 aromatic carbocycles. The first kappa shape index (κ1) is 18.5. The van der Waals surface area contributed by atoms with E-state index in [9.17, 15) is 14.4 Å². The van der Waals surface area contributed by atoms with Gasteiger partial charge in [-0.25, -0.2) is 4.79 Å². The minimum absolute atomic E-state index is 0.283. The molecule has 1 aromatic rings. The minimum Gasteiger partial charge on any atom is -0.497 e. The molecule has 0 bridgehead atoms. The predicted molar refractivity (Wildman–Crippen MR) is 91.5 cm³/mol. The largest absolute Gasteiger partial charge is 0.497 e. The topological polar surface area (TPSA) is 98.9 Å². The Kier molecular flexibility index (Phi) is 6.56. The number of hydrogen-bond acceptors (Lipinski definition) is 5. The van der Waals surface area contributed by atoms with Crippen molar-refractivity contribution in [3.8, 4) is 5.75 Å². The van der Waals surface area contributed by atoms with Gasteiger partial charge in [0, 0.05) is 19.2 Å². The molecule has 1 heterocycles. The van der Waals surface area contributed by atoms with Gasteiger partial charge in [0.2, 0.25) is 5.91 Å². The van der Waals surface area contributed by atoms with Crippen LogP contribution in [0.5, 0.6) is 5.75 Å². The predicted octanol–water partition coefficient (Wildman–Crippen LogP) is 0.975. The van der Waals surface area contributed by atoms with E-state index >= 15 is 0 Å². The lowest BCUT2D eigenvalue weighted by atomic mass is 9.97. The number of methoxy groups -OCH3 is 1. The molecular weight excluding hydrogens is 324 g/mol. The quantitative estimate of drug-likeness (QED) is 0.611. The van der Waals surface area contributed by atoms with Gasteiger partial charge in [0.15, 0.2) is 6.61 Å². The number of hydrogen-bond donors (Lipinski definition) is 1. The molecule has 2 N–H and O–H groups in total. The molecule has 0 unspecified atom stereocenters. The number of benzene rings is 1. The summed E-state index contributed by atoms with van der Waals surface area (Å²) in [6, 6.07) is 7.19. The molecule has 0 saturated carbocycles. The van der Waals surface area contributed by atoms with Crippen LogP contribution in [-0.4, -0.2) is 49.5 Å². The highest BCUT2D eigenvalue weighted by atomic mass is 16.5. The van der Waals surface area contributed by atoms with E-state index in [1.807, 2.05) is 6.07 Å². The fourth-order valence-electron chi connectivity index (χ4n) is 2.62. The van der Waals surface area contributed by atoms with Crippen molar-refractivity contribution in [2.24, 2.45) is 11.7 Å². The second kappa shape index (κ2) is 8.86. The maximum Gasteiger partial charge on any atom is 0.331 e. The molecule has 0 aromatic heterocycles. The number of nitrogens with zero attached hydrogens (tertiary/aromatic N) is 1. The van der Waals surface area contributed by atoms with Gasteiger partial charge in [0.1, 0.15) is 5.75 Å². The summed E-state index contributed by atoms with van der Waals surface area (Å²) in [7, 11) is 1.56. The zero-order chi connectivity index (χ0) is 18.2. The lowest BCUT2D eigenvalue weighted by molar-refractivity contribution is -0.149. The molecule has 1 fully saturated rings. The molecule has 0 aliphatic carbocycles. The van der Waals surface area contributed by atoms with Crippen molar-refractivity contribution in [2.45, 2.75) is 12.8 Å². The molecule has 7 nitrogen and oxygen atoms in total. The summed E-state index contributed by atoms with van der Waals surface area (Å²) in [6.45, 7) is 0.470. The molecule has 2 rings (SSSR count). The second-order valence-electron chi connectivity index (χ2n) is 5.80. The van der Waals surface area contributed by atoms with Crippen LogP contribution in [0.4, 0.5) is 0 Å². The number of rotatable bonds is 6. The van der Waals surface area contributed by atoms with Crippen LogP contribution in [-0.2, 0) is 19.1 Å². The first-order valence-electron chi connectivity index (χ1n) is 8.05. The van der Waals surface area contributed by atoms with Gasteiger partial charge in [-0.3, -0.25) is 9.59 Å². The Labute approximate surface area is 146 Å². The Morgan fingerprint density at radius 1 is 1.36 bits per heavy atom. The fourth-order valence-corrected chi connectivity index (χ4v) is 2.62. The lowest BCUT2D eigenvalue weighted by Crippen LogP contribution is -2.45. The third kappa shape index (κ3) is 5.63. The van der Waals surface area contributed by atoms with Gasteiger partial charge in [-0.1, -0.05) is 12.1 Å². The number of esters is 1. The lowest BCUT2D eigenvalue weighted by Gasteiger charge is -2.30. The number of piperidine rings is 1. The molecular formula is C18H22N2O5. The van der Waals surface area contributed by atoms with Crippen LogP contribution in [0, 0.1) is 5.92 Å². The summed E-state index contributed by atoms with van der Waals surface area (Å²) in [5, 5.41) is 0. The first-order valence-corrected chi connectivity index (χ1v) is 8.05. The number of carbonyl (C=O) groups is 3. The zero-order valence-corrected chi connectivity index (χ0v) is 14.1. The summed E-state index contributed by atoms with van der Waals surface area (Å²) < 4.78 is 10.1. The van der Waals surface area contributed by atoms with Crippen molar-refractivity contribution in [1.29, 1.82) is 0 Å². The highest BCUT2D eigenvalue weighted by Gasteiger charge is 2.27. The normalized spacial score (nSPS) is 17.3. The van der Waals surface area contributed by atoms with Crippen molar-refractivity contribution in [3.05, 3.63) is 35.9 Å². The van der Waals surface area contributed by atoms with Gasteiger partial charge < -0.3 is 20.1 Å². The second-order valence-corrected chi connectivity index (χ2v) is 5.80. The summed E-state index contributed by atoms with van der Waals surface area (Å²) >= 11 is 0. The third-order valence-corrected chi connectivity index (χ3v) is 4.02. The molecule has 0 radical (unpaired) electrons. The van der Waals surface area contributed by atoms with Crippen molar-refractivity contribution < 1.29 is 23.9 Å². The monoisotopic (exact) mass is 346 g/mol. The average molecular weight is 346 g/mol. The highest BCUT2D eigenvalue weighted by Crippen LogP contribution is 2.16. The summed E-state index contributed by atoms with van der Waals surface area (Å²) in [6.07, 6.45) is 4.23. The number of carbonyl (C=O) groups excluding carboxylic acids is 3. The van der Waals surface area contributed by atoms with E-state index in [2.05, 4.69) is 0 Å². The average Bonchev–Trinajstić information content (AvgIpc) is 2.64. The standard InChI is InChI=1S/C18H22N2O5/c1-24-15-6-2-4-13(10-15)7-8-17(22)25-12-16(21)20-9-3-5-14(11-20)18(19)23/h2,4,6-8,10,14H,3,5,9,11-12H2,1H3,(H2,19,23)/b8-7+/t14-/m0/s1. The van der Waals surface area contributed by atoms with Gasteiger partial charge in [0.25, 0.3) is 5.91 Å². The van der Waals surface area contributed by atoms with Crippen LogP contribution in [0.25, 0.3) is 6.08 Å². The number of amides is 2. The van der Waals surface area contributed by atoms with Crippen molar-refractivity contribution in [1.82, 2.24) is 4.90 Å². The van der Waals surface area contributed by atoms with Crippen LogP contribution in [0.15, 0.2) is 30.3 Å². The number of ether oxygens (including phenoxy) is 2. The molecule has 134 valence electrons. The molecule has 1 aliphatic rings. The van der Waals surface area contributed by atoms with Gasteiger partial charge in [-0.15, -0.1) is 0 Å². The smallest absolute Gasteiger partial charge is 0.331 e. The third-order valence-electron chi connectivity index (χ3n) is 4.02. The Hall–Kier alpha value is -2.83. The van der Waals surface area contributed by atoms with E-state index < -0.39 is 11.9 Å². The van der Waals surface area contributed by atoms with E-state index in [-0.39, 0.29) is 25.0 Å². The fraction of sp³-hybridized carbons (Fsp3) is 0.389. The van der Waals surface area contributed by atoms with E-state index in [1.165, 1.54) is 11.0 Å². The zero-order valence-electron chi connectivity index (χ0n) is 14.1. The molecule has 1 atom stereocenters. The van der Waals surface area contributed by atoms with Crippen LogP contribution in [0.1, 0.15) is 18.4 Å². The maximum atomic E-state index is 12.1. The molecule has 25 heavy (non-hydrogen) atoms. The molecule has 1 aliphatic heterocycles. The van der Waals surface area contributed by atoms with Crippen molar-refractivity contribution >= 4 is 23.9 Å². The maximum absolute atomic E-state index is 12.1. The highest BCUT2D eigenvalue weighted by molar-refractivity contribution is 5.89. The van der Waals surface area contributed by atoms with Crippen LogP contribution in [0.3, 0.4) is 0 Å². The summed E-state index contributed by atoms with van der Waals surface area (Å²) in [5.74, 6) is -0.995. The Balaban J connectivity index is 1.81. The number of nitrogens with two attached hydrogens (primary N) is 1. The Morgan fingerprint density at radius 2 is 2.16 bits per heavy atom. The van der Waals surface area contributed by atoms with E-state index in [0.29, 0.717) is 25.1 Å². The van der Waals surface area contributed by atoms with Crippen LogP contribution in [0.2, 0.25) is 0 Å². The van der Waals surface area contributed by atoms with E-state index in [1.54, 1.807) is 31.4 Å². The molecule has 1 saturated heterocycles. The number of likely N-dealkylation sites (tertiary alicyclic amines) is 1. The number of primary amides is 1. The van der Waals surface area contributed by atoms with Crippen molar-refractivity contribution in [2.75, 3.05) is 26.8 Å². The first-order chi connectivity index (χ1) is 12.0. The van der Waals surface area contributed by atoms with E-state index in [0.717, 1.165) is 5.56 Å². The van der Waals surface area contributed by atoms with Gasteiger partial charge in [-0.2, -0.15) is 0 Å². The van der Waals surface area contributed by atoms with E-state index in [4.69, 9.17) is 15.2 Å². The van der Waals surface area contributed by atoms with Gasteiger partial charge in [-0.05, 0) is 36.6 Å². The summed E-state index contributed by atoms with van der Waals surface area (Å²) in [4.78, 5) is 36.6. The van der Waals surface area contributed by atoms with Crippen LogP contribution < -0.4 is 10.5 Å². The van der Waals surface area contributed by atoms with Gasteiger partial charge in [0.05, 0.1) is 13.0 Å². The van der Waals surface area contributed by atoms with Gasteiger partial charge >= 0.3 is 5.97 Å². The summed E-state index contributed by atoms with van der Waals surface area (Å²) in [5.41, 5.74) is 6.07. The SMILES string of the molecule is COc1cccc(/C=C/C(=O)OCC(=O)N2CCC[C@H](C(N)=O)C2)c1. The Morgan fingerprint density at radius 3 is 2.88 bits per heavy atom. The molecule has 0 spiro atoms. The molecule has 7 heteroatoms. The minimum atomic E-state index is -0.611. The Bertz CT molecular complexity index is 671. The van der Waals surface area contributed by atoms with Crippen molar-refractivity contribution in [3.63, 3.8) is 0 Å². The molecule has 2 amide bonds.